The summed E-state index contributed by atoms with van der Waals surface area (Å²) in [6, 6.07) is 4.33. The molecule has 0 spiro atoms. The quantitative estimate of drug-likeness (QED) is 0.796. The summed E-state index contributed by atoms with van der Waals surface area (Å²) in [5.74, 6) is -2.17. The standard InChI is InChI=1S/C14H17FN2O4/c1-8(2)12(13(19)17-14(16)20)21-11(18)7-9-3-5-10(15)6-4-9/h3-6,8,12H,7H2,1-2H3,(H3,16,17,19,20)/t12-/m1/s1. The number of hydrogen-bond donors (Lipinski definition) is 2. The van der Waals surface area contributed by atoms with E-state index in [1.165, 1.54) is 24.3 Å². The zero-order valence-electron chi connectivity index (χ0n) is 11.8. The zero-order chi connectivity index (χ0) is 16.0. The number of carbonyl (C=O) groups excluding carboxylic acids is 3. The molecule has 0 aliphatic heterocycles. The van der Waals surface area contributed by atoms with Gasteiger partial charge in [-0.1, -0.05) is 26.0 Å². The van der Waals surface area contributed by atoms with Crippen molar-refractivity contribution in [1.82, 2.24) is 5.32 Å². The van der Waals surface area contributed by atoms with Crippen LogP contribution in [-0.2, 0) is 20.7 Å². The Balaban J connectivity index is 2.66. The van der Waals surface area contributed by atoms with Crippen LogP contribution in [0.1, 0.15) is 19.4 Å². The molecule has 0 heterocycles. The van der Waals surface area contributed by atoms with E-state index < -0.39 is 29.8 Å². The van der Waals surface area contributed by atoms with Crippen LogP contribution in [0.3, 0.4) is 0 Å². The highest BCUT2D eigenvalue weighted by molar-refractivity contribution is 5.96. The van der Waals surface area contributed by atoms with E-state index in [0.29, 0.717) is 5.56 Å². The first-order valence-electron chi connectivity index (χ1n) is 6.34. The van der Waals surface area contributed by atoms with Crippen molar-refractivity contribution in [3.8, 4) is 0 Å². The van der Waals surface area contributed by atoms with Crippen LogP contribution in [0, 0.1) is 11.7 Å². The number of imide groups is 1. The molecule has 0 fully saturated rings. The molecule has 1 rings (SSSR count). The van der Waals surface area contributed by atoms with Gasteiger partial charge < -0.3 is 10.5 Å². The van der Waals surface area contributed by atoms with Crippen LogP contribution >= 0.6 is 0 Å². The van der Waals surface area contributed by atoms with Crippen LogP contribution in [0.15, 0.2) is 24.3 Å². The molecule has 0 saturated heterocycles. The van der Waals surface area contributed by atoms with E-state index in [1.54, 1.807) is 13.8 Å². The number of urea groups is 1. The molecule has 1 atom stereocenters. The first-order valence-corrected chi connectivity index (χ1v) is 6.34. The maximum atomic E-state index is 12.8. The van der Waals surface area contributed by atoms with Gasteiger partial charge in [-0.3, -0.25) is 14.9 Å². The third-order valence-corrected chi connectivity index (χ3v) is 2.63. The maximum Gasteiger partial charge on any atom is 0.318 e. The van der Waals surface area contributed by atoms with Gasteiger partial charge in [-0.05, 0) is 23.6 Å². The third-order valence-electron chi connectivity index (χ3n) is 2.63. The lowest BCUT2D eigenvalue weighted by Crippen LogP contribution is -2.45. The number of nitrogens with two attached hydrogens (primary N) is 1. The average molecular weight is 296 g/mol. The monoisotopic (exact) mass is 296 g/mol. The van der Waals surface area contributed by atoms with Crippen LogP contribution in [0.25, 0.3) is 0 Å². The number of carbonyl (C=O) groups is 3. The van der Waals surface area contributed by atoms with E-state index in [1.807, 2.05) is 5.32 Å². The van der Waals surface area contributed by atoms with Crippen molar-refractivity contribution in [3.63, 3.8) is 0 Å². The Morgan fingerprint density at radius 1 is 1.24 bits per heavy atom. The third kappa shape index (κ3) is 5.60. The summed E-state index contributed by atoms with van der Waals surface area (Å²) >= 11 is 0. The second-order valence-corrected chi connectivity index (χ2v) is 4.81. The second kappa shape index (κ2) is 7.37. The van der Waals surface area contributed by atoms with Gasteiger partial charge in [-0.25, -0.2) is 9.18 Å². The smallest absolute Gasteiger partial charge is 0.318 e. The Bertz CT molecular complexity index is 528. The van der Waals surface area contributed by atoms with Crippen molar-refractivity contribution in [2.45, 2.75) is 26.4 Å². The molecule has 1 aromatic rings. The fraction of sp³-hybridized carbons (Fsp3) is 0.357. The molecule has 0 saturated carbocycles. The first-order chi connectivity index (χ1) is 9.79. The molecule has 3 amide bonds. The van der Waals surface area contributed by atoms with Crippen molar-refractivity contribution in [2.75, 3.05) is 0 Å². The van der Waals surface area contributed by atoms with E-state index in [-0.39, 0.29) is 12.3 Å². The summed E-state index contributed by atoms with van der Waals surface area (Å²) in [4.78, 5) is 34.1. The largest absolute Gasteiger partial charge is 0.452 e. The number of nitrogens with one attached hydrogen (secondary N) is 1. The molecule has 1 aromatic carbocycles. The number of esters is 1. The van der Waals surface area contributed by atoms with Crippen LogP contribution in [0.4, 0.5) is 9.18 Å². The predicted octanol–water partition coefficient (Wildman–Crippen LogP) is 1.13. The van der Waals surface area contributed by atoms with Crippen LogP contribution in [-0.4, -0.2) is 24.0 Å². The number of amides is 3. The highest BCUT2D eigenvalue weighted by atomic mass is 19.1. The average Bonchev–Trinajstić information content (AvgIpc) is 2.37. The number of halogens is 1. The molecule has 114 valence electrons. The number of rotatable bonds is 5. The molecule has 0 aromatic heterocycles. The van der Waals surface area contributed by atoms with Crippen LogP contribution < -0.4 is 11.1 Å². The van der Waals surface area contributed by atoms with Gasteiger partial charge >= 0.3 is 12.0 Å². The summed E-state index contributed by atoms with van der Waals surface area (Å²) in [6.45, 7) is 3.33. The molecule has 0 aliphatic carbocycles. The van der Waals surface area contributed by atoms with E-state index in [9.17, 15) is 18.8 Å². The first kappa shape index (κ1) is 16.6. The lowest BCUT2D eigenvalue weighted by atomic mass is 10.1. The Kier molecular flexibility index (Phi) is 5.83. The maximum absolute atomic E-state index is 12.8. The van der Waals surface area contributed by atoms with Gasteiger partial charge in [0.15, 0.2) is 6.10 Å². The SMILES string of the molecule is CC(C)[C@@H](OC(=O)Cc1ccc(F)cc1)C(=O)NC(N)=O. The van der Waals surface area contributed by atoms with Crippen LogP contribution in [0.5, 0.6) is 0 Å². The minimum absolute atomic E-state index is 0.104. The molecule has 0 radical (unpaired) electrons. The fourth-order valence-electron chi connectivity index (χ4n) is 1.64. The van der Waals surface area contributed by atoms with Gasteiger partial charge in [0.1, 0.15) is 5.82 Å². The second-order valence-electron chi connectivity index (χ2n) is 4.81. The molecule has 7 heteroatoms. The van der Waals surface area contributed by atoms with E-state index in [2.05, 4.69) is 0 Å². The zero-order valence-corrected chi connectivity index (χ0v) is 11.8. The minimum Gasteiger partial charge on any atom is -0.452 e. The van der Waals surface area contributed by atoms with Gasteiger partial charge in [0.05, 0.1) is 6.42 Å². The minimum atomic E-state index is -1.12. The van der Waals surface area contributed by atoms with E-state index in [0.717, 1.165) is 0 Å². The molecular formula is C14H17FN2O4. The predicted molar refractivity (Wildman–Crippen MR) is 72.5 cm³/mol. The molecule has 21 heavy (non-hydrogen) atoms. The van der Waals surface area contributed by atoms with Gasteiger partial charge in [-0.15, -0.1) is 0 Å². The van der Waals surface area contributed by atoms with Gasteiger partial charge in [-0.2, -0.15) is 0 Å². The molecule has 0 bridgehead atoms. The van der Waals surface area contributed by atoms with Crippen molar-refractivity contribution >= 4 is 17.9 Å². The Hall–Kier alpha value is -2.44. The van der Waals surface area contributed by atoms with Crippen molar-refractivity contribution in [3.05, 3.63) is 35.6 Å². The number of hydrogen-bond acceptors (Lipinski definition) is 4. The lowest BCUT2D eigenvalue weighted by molar-refractivity contribution is -0.157. The Labute approximate surface area is 121 Å². The highest BCUT2D eigenvalue weighted by Gasteiger charge is 2.27. The van der Waals surface area contributed by atoms with Crippen molar-refractivity contribution in [1.29, 1.82) is 0 Å². The van der Waals surface area contributed by atoms with Crippen LogP contribution in [0.2, 0.25) is 0 Å². The molecule has 0 aliphatic rings. The van der Waals surface area contributed by atoms with Crippen molar-refractivity contribution < 1.29 is 23.5 Å². The Morgan fingerprint density at radius 2 is 1.81 bits per heavy atom. The number of ether oxygens (including phenoxy) is 1. The van der Waals surface area contributed by atoms with Crippen molar-refractivity contribution in [2.24, 2.45) is 11.7 Å². The normalized spacial score (nSPS) is 11.8. The molecule has 6 nitrogen and oxygen atoms in total. The van der Waals surface area contributed by atoms with Gasteiger partial charge in [0, 0.05) is 0 Å². The topological polar surface area (TPSA) is 98.5 Å². The van der Waals surface area contributed by atoms with E-state index >= 15 is 0 Å². The number of primary amides is 1. The summed E-state index contributed by atoms with van der Waals surface area (Å²) < 4.78 is 17.8. The van der Waals surface area contributed by atoms with Gasteiger partial charge in [0.25, 0.3) is 5.91 Å². The summed E-state index contributed by atoms with van der Waals surface area (Å²) in [6.07, 6.45) is -1.22. The summed E-state index contributed by atoms with van der Waals surface area (Å²) in [5, 5.41) is 1.87. The number of benzene rings is 1. The van der Waals surface area contributed by atoms with E-state index in [4.69, 9.17) is 10.5 Å². The molecule has 3 N–H and O–H groups in total. The molecule has 0 unspecified atom stereocenters. The lowest BCUT2D eigenvalue weighted by Gasteiger charge is -2.19. The van der Waals surface area contributed by atoms with Gasteiger partial charge in [0.2, 0.25) is 0 Å². The Morgan fingerprint density at radius 3 is 2.29 bits per heavy atom. The summed E-state index contributed by atoms with van der Waals surface area (Å²) in [7, 11) is 0. The molecular weight excluding hydrogens is 279 g/mol. The summed E-state index contributed by atoms with van der Waals surface area (Å²) in [5.41, 5.74) is 5.41. The highest BCUT2D eigenvalue weighted by Crippen LogP contribution is 2.10. The fourth-order valence-corrected chi connectivity index (χ4v) is 1.64.